The minimum absolute atomic E-state index is 0.546. The van der Waals surface area contributed by atoms with E-state index in [0.717, 1.165) is 13.8 Å². The third-order valence-corrected chi connectivity index (χ3v) is 1.18. The van der Waals surface area contributed by atoms with Crippen molar-refractivity contribution in [2.45, 2.75) is 19.4 Å². The Bertz CT molecular complexity index is 134. The second-order valence-corrected chi connectivity index (χ2v) is 2.06. The predicted octanol–water partition coefficient (Wildman–Crippen LogP) is -0.623. The Hall–Kier alpha value is -0.900. The maximum Gasteiger partial charge on any atom is 0.331 e. The minimum Gasteiger partial charge on any atom is -0.480 e. The number of carbonyl (C=O) groups excluding carboxylic acids is 1. The van der Waals surface area contributed by atoms with Crippen LogP contribution in [0.2, 0.25) is 0 Å². The van der Waals surface area contributed by atoms with Crippen molar-refractivity contribution in [1.29, 1.82) is 0 Å². The third kappa shape index (κ3) is 1.50. The molecular weight excluding hydrogens is 122 g/mol. The van der Waals surface area contributed by atoms with Crippen LogP contribution in [0.3, 0.4) is 0 Å². The lowest BCUT2D eigenvalue weighted by Crippen LogP contribution is -2.50. The summed E-state index contributed by atoms with van der Waals surface area (Å²) in [4.78, 5) is 20.5. The normalized spacial score (nSPS) is 16.3. The Kier molecular flexibility index (Phi) is 1.93. The Morgan fingerprint density at radius 3 is 1.89 bits per heavy atom. The van der Waals surface area contributed by atoms with Crippen molar-refractivity contribution < 1.29 is 14.7 Å². The van der Waals surface area contributed by atoms with Gasteiger partial charge >= 0.3 is 5.97 Å². The van der Waals surface area contributed by atoms with Gasteiger partial charge in [0.15, 0.2) is 11.3 Å². The molecule has 0 heterocycles. The summed E-state index contributed by atoms with van der Waals surface area (Å²) in [7, 11) is 0. The van der Waals surface area contributed by atoms with Gasteiger partial charge in [-0.05, 0) is 13.8 Å². The van der Waals surface area contributed by atoms with Gasteiger partial charge in [0, 0.05) is 0 Å². The van der Waals surface area contributed by atoms with Crippen LogP contribution in [0.1, 0.15) is 13.8 Å². The second-order valence-electron chi connectivity index (χ2n) is 2.06. The summed E-state index contributed by atoms with van der Waals surface area (Å²) in [5, 5.41) is 8.27. The van der Waals surface area contributed by atoms with Crippen molar-refractivity contribution in [3.8, 4) is 0 Å². The van der Waals surface area contributed by atoms with Crippen LogP contribution in [0.25, 0.3) is 0 Å². The van der Waals surface area contributed by atoms with Crippen molar-refractivity contribution in [3.63, 3.8) is 0 Å². The molecule has 4 heteroatoms. The van der Waals surface area contributed by atoms with Gasteiger partial charge in [0.05, 0.1) is 0 Å². The average Bonchev–Trinajstić information content (AvgIpc) is 1.65. The largest absolute Gasteiger partial charge is 0.480 e. The number of carboxylic acids is 1. The van der Waals surface area contributed by atoms with Crippen LogP contribution in [-0.4, -0.2) is 22.4 Å². The fourth-order valence-electron chi connectivity index (χ4n) is 0.151. The second kappa shape index (κ2) is 2.14. The summed E-state index contributed by atoms with van der Waals surface area (Å²) in [6.45, 7) is 2.31. The van der Waals surface area contributed by atoms with Gasteiger partial charge < -0.3 is 10.8 Å². The van der Waals surface area contributed by atoms with E-state index in [0.29, 0.717) is 0 Å². The zero-order valence-corrected chi connectivity index (χ0v) is 5.34. The van der Waals surface area contributed by atoms with Gasteiger partial charge in [-0.25, -0.2) is 4.79 Å². The molecule has 4 nitrogen and oxygen atoms in total. The first-order valence-corrected chi connectivity index (χ1v) is 2.42. The molecule has 52 valence electrons. The molecule has 0 amide bonds. The Balaban J connectivity index is 4.38. The summed E-state index contributed by atoms with van der Waals surface area (Å²) in [6, 6.07) is 0. The van der Waals surface area contributed by atoms with Crippen LogP contribution in [0.5, 0.6) is 0 Å². The lowest BCUT2D eigenvalue weighted by atomic mass is 10.00. The molecule has 0 aromatic rings. The first-order chi connectivity index (χ1) is 3.89. The Labute approximate surface area is 52.7 Å². The van der Waals surface area contributed by atoms with Crippen molar-refractivity contribution in [3.05, 3.63) is 0 Å². The predicted molar refractivity (Wildman–Crippen MR) is 30.9 cm³/mol. The molecule has 9 heavy (non-hydrogen) atoms. The van der Waals surface area contributed by atoms with Gasteiger partial charge in [0.1, 0.15) is 0 Å². The highest BCUT2D eigenvalue weighted by Gasteiger charge is 2.32. The molecule has 0 aliphatic heterocycles. The number of hydrogen-bond acceptors (Lipinski definition) is 3. The fraction of sp³-hybridized carbons (Fsp3) is 0.600. The maximum absolute atomic E-state index is 10.4. The highest BCUT2D eigenvalue weighted by molar-refractivity contribution is 6.05. The van der Waals surface area contributed by atoms with Crippen molar-refractivity contribution in [2.75, 3.05) is 0 Å². The number of nitrogens with two attached hydrogens (primary N) is 1. The fourth-order valence-corrected chi connectivity index (χ4v) is 0.151. The average molecular weight is 131 g/mol. The molecule has 3 N–H and O–H groups in total. The highest BCUT2D eigenvalue weighted by atomic mass is 16.4. The molecule has 0 fully saturated rings. The Morgan fingerprint density at radius 2 is 1.89 bits per heavy atom. The molecule has 0 aromatic heterocycles. The molecule has 0 saturated heterocycles. The number of ketones is 1. The highest BCUT2D eigenvalue weighted by Crippen LogP contribution is 1.98. The van der Waals surface area contributed by atoms with Gasteiger partial charge in [0.2, 0.25) is 0 Å². The molecule has 1 unspecified atom stereocenters. The maximum atomic E-state index is 10.4. The van der Waals surface area contributed by atoms with Crippen LogP contribution in [0.15, 0.2) is 0 Å². The molecule has 0 aliphatic rings. The minimum atomic E-state index is -1.72. The van der Waals surface area contributed by atoms with Crippen molar-refractivity contribution in [2.24, 2.45) is 5.73 Å². The molecule has 0 rings (SSSR count). The van der Waals surface area contributed by atoms with Crippen molar-refractivity contribution in [1.82, 2.24) is 0 Å². The molecule has 0 saturated carbocycles. The number of hydrogen-bond donors (Lipinski definition) is 2. The molecule has 0 bridgehead atoms. The van der Waals surface area contributed by atoms with Crippen LogP contribution in [0.4, 0.5) is 0 Å². The van der Waals surface area contributed by atoms with Gasteiger partial charge in [-0.15, -0.1) is 0 Å². The SMILES string of the molecule is CC(=O)C(C)(N)C(=O)O. The number of rotatable bonds is 2. The van der Waals surface area contributed by atoms with E-state index in [1.54, 1.807) is 0 Å². The third-order valence-electron chi connectivity index (χ3n) is 1.18. The molecule has 0 aromatic carbocycles. The molecule has 0 aliphatic carbocycles. The quantitative estimate of drug-likeness (QED) is 0.489. The molecule has 0 radical (unpaired) electrons. The number of carboxylic acid groups (broad SMARTS) is 1. The van der Waals surface area contributed by atoms with E-state index in [1.165, 1.54) is 0 Å². The lowest BCUT2D eigenvalue weighted by molar-refractivity contribution is -0.146. The van der Waals surface area contributed by atoms with Gasteiger partial charge in [0.25, 0.3) is 0 Å². The first kappa shape index (κ1) is 8.10. The first-order valence-electron chi connectivity index (χ1n) is 2.42. The number of carbonyl (C=O) groups is 2. The van der Waals surface area contributed by atoms with E-state index in [4.69, 9.17) is 10.8 Å². The number of Topliss-reactive ketones (excluding diaryl/α,β-unsaturated/α-hetero) is 1. The van der Waals surface area contributed by atoms with Crippen LogP contribution in [-0.2, 0) is 9.59 Å². The molecular formula is C5H9NO3. The summed E-state index contributed by atoms with van der Waals surface area (Å²) in [5.41, 5.74) is 3.33. The van der Waals surface area contributed by atoms with E-state index in [2.05, 4.69) is 0 Å². The monoisotopic (exact) mass is 131 g/mol. The van der Waals surface area contributed by atoms with Crippen LogP contribution >= 0.6 is 0 Å². The molecule has 1 atom stereocenters. The van der Waals surface area contributed by atoms with E-state index >= 15 is 0 Å². The van der Waals surface area contributed by atoms with Crippen LogP contribution < -0.4 is 5.73 Å². The summed E-state index contributed by atoms with van der Waals surface area (Å²) in [5.74, 6) is -1.84. The van der Waals surface area contributed by atoms with Gasteiger partial charge in [-0.3, -0.25) is 4.79 Å². The van der Waals surface area contributed by atoms with Crippen molar-refractivity contribution >= 4 is 11.8 Å². The summed E-state index contributed by atoms with van der Waals surface area (Å²) >= 11 is 0. The topological polar surface area (TPSA) is 80.4 Å². The summed E-state index contributed by atoms with van der Waals surface area (Å²) < 4.78 is 0. The Morgan fingerprint density at radius 1 is 1.56 bits per heavy atom. The zero-order chi connectivity index (χ0) is 7.65. The zero-order valence-electron chi connectivity index (χ0n) is 5.34. The number of aliphatic carboxylic acids is 1. The van der Waals surface area contributed by atoms with Gasteiger partial charge in [-0.2, -0.15) is 0 Å². The van der Waals surface area contributed by atoms with Gasteiger partial charge in [-0.1, -0.05) is 0 Å². The lowest BCUT2D eigenvalue weighted by Gasteiger charge is -2.13. The summed E-state index contributed by atoms with van der Waals surface area (Å²) in [6.07, 6.45) is 0. The van der Waals surface area contributed by atoms with E-state index < -0.39 is 17.3 Å². The van der Waals surface area contributed by atoms with E-state index in [-0.39, 0.29) is 0 Å². The van der Waals surface area contributed by atoms with E-state index in [9.17, 15) is 9.59 Å². The van der Waals surface area contributed by atoms with E-state index in [1.807, 2.05) is 0 Å². The standard InChI is InChI=1S/C5H9NO3/c1-3(7)5(2,6)4(8)9/h6H2,1-2H3,(H,8,9). The van der Waals surface area contributed by atoms with Crippen LogP contribution in [0, 0.1) is 0 Å². The molecule has 0 spiro atoms. The smallest absolute Gasteiger partial charge is 0.331 e.